The van der Waals surface area contributed by atoms with Crippen molar-refractivity contribution in [1.29, 1.82) is 0 Å². The Balaban J connectivity index is 1.49. The Morgan fingerprint density at radius 3 is 3.00 bits per heavy atom. The molecule has 0 fully saturated rings. The predicted molar refractivity (Wildman–Crippen MR) is 92.9 cm³/mol. The second kappa shape index (κ2) is 6.68. The molecule has 1 amide bonds. The van der Waals surface area contributed by atoms with Gasteiger partial charge >= 0.3 is 0 Å². The lowest BCUT2D eigenvalue weighted by atomic mass is 10.1. The first-order chi connectivity index (χ1) is 12.6. The van der Waals surface area contributed by atoms with Crippen LogP contribution in [0, 0.1) is 5.82 Å². The van der Waals surface area contributed by atoms with Crippen LogP contribution in [-0.4, -0.2) is 37.7 Å². The Hall–Kier alpha value is -3.07. The summed E-state index contributed by atoms with van der Waals surface area (Å²) in [5.41, 5.74) is 2.56. The van der Waals surface area contributed by atoms with Gasteiger partial charge in [0.05, 0.1) is 17.9 Å². The molecular formula is C17H12FN5O2S. The number of Topliss-reactive ketones (excluding diaryl/α,β-unsaturated/α-hetero) is 1. The van der Waals surface area contributed by atoms with Gasteiger partial charge in [-0.05, 0) is 52.4 Å². The average molecular weight is 369 g/mol. The zero-order valence-electron chi connectivity index (χ0n) is 13.3. The molecule has 0 radical (unpaired) electrons. The Morgan fingerprint density at radius 1 is 1.27 bits per heavy atom. The van der Waals surface area contributed by atoms with Crippen molar-refractivity contribution in [2.45, 2.75) is 11.6 Å². The molecule has 2 heterocycles. The summed E-state index contributed by atoms with van der Waals surface area (Å²) < 4.78 is 14.8. The number of rotatable bonds is 5. The number of ketones is 1. The number of aromatic nitrogens is 4. The number of hydrogen-bond acceptors (Lipinski definition) is 6. The van der Waals surface area contributed by atoms with Crippen molar-refractivity contribution < 1.29 is 14.0 Å². The van der Waals surface area contributed by atoms with Crippen LogP contribution in [0.25, 0.3) is 5.69 Å². The van der Waals surface area contributed by atoms with E-state index in [0.717, 1.165) is 23.0 Å². The van der Waals surface area contributed by atoms with Gasteiger partial charge in [0.1, 0.15) is 5.82 Å². The van der Waals surface area contributed by atoms with Gasteiger partial charge in [0, 0.05) is 11.3 Å². The molecule has 9 heteroatoms. The van der Waals surface area contributed by atoms with Crippen LogP contribution in [0.5, 0.6) is 0 Å². The summed E-state index contributed by atoms with van der Waals surface area (Å²) in [6, 6.07) is 11.0. The summed E-state index contributed by atoms with van der Waals surface area (Å²) in [6.45, 7) is 0. The van der Waals surface area contributed by atoms with Gasteiger partial charge in [0.2, 0.25) is 11.1 Å². The van der Waals surface area contributed by atoms with Gasteiger partial charge in [-0.3, -0.25) is 9.59 Å². The minimum Gasteiger partial charge on any atom is -0.326 e. The first-order valence-electron chi connectivity index (χ1n) is 7.73. The summed E-state index contributed by atoms with van der Waals surface area (Å²) in [7, 11) is 0. The molecule has 1 aliphatic rings. The van der Waals surface area contributed by atoms with E-state index < -0.39 is 5.82 Å². The van der Waals surface area contributed by atoms with Crippen LogP contribution in [0.3, 0.4) is 0 Å². The minimum absolute atomic E-state index is 0.0757. The lowest BCUT2D eigenvalue weighted by Crippen LogP contribution is -2.05. The third kappa shape index (κ3) is 3.21. The predicted octanol–water partition coefficient (Wildman–Crippen LogP) is 2.27. The molecule has 0 unspecified atom stereocenters. The second-order valence-electron chi connectivity index (χ2n) is 5.66. The monoisotopic (exact) mass is 369 g/mol. The highest BCUT2D eigenvalue weighted by Gasteiger charge is 2.20. The van der Waals surface area contributed by atoms with Gasteiger partial charge in [-0.2, -0.15) is 4.68 Å². The number of halogens is 1. The number of amides is 1. The van der Waals surface area contributed by atoms with E-state index in [2.05, 4.69) is 20.8 Å². The van der Waals surface area contributed by atoms with Crippen LogP contribution in [-0.2, 0) is 11.2 Å². The van der Waals surface area contributed by atoms with Crippen molar-refractivity contribution in [2.75, 3.05) is 11.1 Å². The number of thioether (sulfide) groups is 1. The van der Waals surface area contributed by atoms with Gasteiger partial charge in [0.15, 0.2) is 5.78 Å². The van der Waals surface area contributed by atoms with E-state index in [1.165, 1.54) is 16.8 Å². The van der Waals surface area contributed by atoms with Gasteiger partial charge in [-0.1, -0.05) is 17.8 Å². The molecule has 7 nitrogen and oxygen atoms in total. The van der Waals surface area contributed by atoms with E-state index in [9.17, 15) is 14.0 Å². The second-order valence-corrected chi connectivity index (χ2v) is 6.60. The highest BCUT2D eigenvalue weighted by atomic mass is 32.2. The highest BCUT2D eigenvalue weighted by Crippen LogP contribution is 2.25. The first-order valence-corrected chi connectivity index (χ1v) is 8.72. The van der Waals surface area contributed by atoms with Crippen LogP contribution < -0.4 is 5.32 Å². The van der Waals surface area contributed by atoms with E-state index in [-0.39, 0.29) is 23.9 Å². The van der Waals surface area contributed by atoms with E-state index >= 15 is 0 Å². The molecule has 3 aromatic rings. The van der Waals surface area contributed by atoms with E-state index in [4.69, 9.17) is 0 Å². The van der Waals surface area contributed by atoms with Gasteiger partial charge in [-0.25, -0.2) is 4.39 Å². The Bertz CT molecular complexity index is 1020. The van der Waals surface area contributed by atoms with Gasteiger partial charge in [0.25, 0.3) is 0 Å². The number of tetrazole rings is 1. The van der Waals surface area contributed by atoms with E-state index in [0.29, 0.717) is 16.4 Å². The molecule has 0 bridgehead atoms. The van der Waals surface area contributed by atoms with Crippen molar-refractivity contribution in [3.8, 4) is 5.69 Å². The molecule has 1 aromatic heterocycles. The van der Waals surface area contributed by atoms with Gasteiger partial charge in [-0.15, -0.1) is 5.10 Å². The minimum atomic E-state index is -0.397. The summed E-state index contributed by atoms with van der Waals surface area (Å²) >= 11 is 1.16. The summed E-state index contributed by atoms with van der Waals surface area (Å²) in [5.74, 6) is -0.457. The Kier molecular flexibility index (Phi) is 4.21. The quantitative estimate of drug-likeness (QED) is 0.548. The van der Waals surface area contributed by atoms with Crippen molar-refractivity contribution in [1.82, 2.24) is 20.2 Å². The van der Waals surface area contributed by atoms with Crippen molar-refractivity contribution >= 4 is 29.1 Å². The molecular weight excluding hydrogens is 357 g/mol. The van der Waals surface area contributed by atoms with Crippen molar-refractivity contribution in [2.24, 2.45) is 0 Å². The number of nitrogens with zero attached hydrogens (tertiary/aromatic N) is 4. The molecule has 1 aliphatic heterocycles. The summed E-state index contributed by atoms with van der Waals surface area (Å²) in [4.78, 5) is 23.9. The zero-order chi connectivity index (χ0) is 18.1. The lowest BCUT2D eigenvalue weighted by Gasteiger charge is -2.05. The molecule has 1 N–H and O–H groups in total. The molecule has 130 valence electrons. The fourth-order valence-electron chi connectivity index (χ4n) is 2.66. The number of nitrogens with one attached hydrogen (secondary N) is 1. The topological polar surface area (TPSA) is 89.8 Å². The van der Waals surface area contributed by atoms with Crippen LogP contribution in [0.1, 0.15) is 15.9 Å². The standard InChI is InChI=1S/C17H12FN5O2S/c18-12-2-1-3-13(8-12)23-17(20-21-22-23)26-9-15(24)10-4-5-14-11(6-10)7-16(25)19-14/h1-6,8H,7,9H2,(H,19,25). The van der Waals surface area contributed by atoms with E-state index in [1.54, 1.807) is 30.3 Å². The molecule has 4 rings (SSSR count). The molecule has 26 heavy (non-hydrogen) atoms. The maximum Gasteiger partial charge on any atom is 0.228 e. The molecule has 0 spiro atoms. The lowest BCUT2D eigenvalue weighted by molar-refractivity contribution is -0.115. The third-order valence-corrected chi connectivity index (χ3v) is 4.80. The fraction of sp³-hybridized carbons (Fsp3) is 0.118. The molecule has 0 saturated carbocycles. The van der Waals surface area contributed by atoms with E-state index in [1.807, 2.05) is 0 Å². The molecule has 2 aromatic carbocycles. The number of benzene rings is 2. The summed E-state index contributed by atoms with van der Waals surface area (Å²) in [5, 5.41) is 14.5. The maximum absolute atomic E-state index is 13.4. The average Bonchev–Trinajstić information content (AvgIpc) is 3.24. The highest BCUT2D eigenvalue weighted by molar-refractivity contribution is 7.99. The van der Waals surface area contributed by atoms with Crippen molar-refractivity contribution in [3.05, 3.63) is 59.4 Å². The van der Waals surface area contributed by atoms with Crippen LogP contribution in [0.15, 0.2) is 47.6 Å². The largest absolute Gasteiger partial charge is 0.326 e. The third-order valence-electron chi connectivity index (χ3n) is 3.88. The molecule has 0 aliphatic carbocycles. The Morgan fingerprint density at radius 2 is 2.15 bits per heavy atom. The Labute approximate surface area is 151 Å². The number of carbonyl (C=O) groups is 2. The zero-order valence-corrected chi connectivity index (χ0v) is 14.2. The SMILES string of the molecule is O=C1Cc2cc(C(=O)CSc3nnnn3-c3cccc(F)c3)ccc2N1. The smallest absolute Gasteiger partial charge is 0.228 e. The van der Waals surface area contributed by atoms with Gasteiger partial charge < -0.3 is 5.32 Å². The molecule has 0 saturated heterocycles. The van der Waals surface area contributed by atoms with Crippen LogP contribution in [0.4, 0.5) is 10.1 Å². The van der Waals surface area contributed by atoms with Crippen molar-refractivity contribution in [3.63, 3.8) is 0 Å². The first kappa shape index (κ1) is 16.4. The summed E-state index contributed by atoms with van der Waals surface area (Å²) in [6.07, 6.45) is 0.279. The van der Waals surface area contributed by atoms with Crippen LogP contribution >= 0.6 is 11.8 Å². The maximum atomic E-state index is 13.4. The van der Waals surface area contributed by atoms with Crippen LogP contribution in [0.2, 0.25) is 0 Å². The normalized spacial score (nSPS) is 12.7. The number of hydrogen-bond donors (Lipinski definition) is 1. The number of fused-ring (bicyclic) bond motifs is 1. The number of anilines is 1. The number of carbonyl (C=O) groups excluding carboxylic acids is 2. The fourth-order valence-corrected chi connectivity index (χ4v) is 3.44. The molecule has 0 atom stereocenters.